The Bertz CT molecular complexity index is 430. The van der Waals surface area contributed by atoms with Crippen LogP contribution in [0.2, 0.25) is 0 Å². The van der Waals surface area contributed by atoms with Crippen LogP contribution in [-0.2, 0) is 4.74 Å². The van der Waals surface area contributed by atoms with Crippen LogP contribution in [0.5, 0.6) is 5.75 Å². The number of hydrogen-bond donors (Lipinski definition) is 2. The maximum atomic E-state index is 11.9. The van der Waals surface area contributed by atoms with Crippen molar-refractivity contribution in [3.63, 3.8) is 0 Å². The van der Waals surface area contributed by atoms with Gasteiger partial charge in [-0.3, -0.25) is 0 Å². The zero-order valence-electron chi connectivity index (χ0n) is 11.3. The third-order valence-corrected chi connectivity index (χ3v) is 3.24. The molecule has 5 nitrogen and oxygen atoms in total. The average molecular weight is 264 g/mol. The molecule has 0 aliphatic carbocycles. The van der Waals surface area contributed by atoms with Crippen molar-refractivity contribution in [2.75, 3.05) is 19.0 Å². The van der Waals surface area contributed by atoms with Gasteiger partial charge in [-0.05, 0) is 31.9 Å². The fourth-order valence-electron chi connectivity index (χ4n) is 2.20. The molecule has 0 aromatic heterocycles. The minimum absolute atomic E-state index is 0.00259. The van der Waals surface area contributed by atoms with Gasteiger partial charge >= 0.3 is 6.03 Å². The van der Waals surface area contributed by atoms with Crippen LogP contribution in [-0.4, -0.2) is 31.9 Å². The number of anilines is 1. The van der Waals surface area contributed by atoms with E-state index in [4.69, 9.17) is 9.47 Å². The lowest BCUT2D eigenvalue weighted by Gasteiger charge is -2.20. The summed E-state index contributed by atoms with van der Waals surface area (Å²) in [5.74, 6) is 0.641. The zero-order valence-corrected chi connectivity index (χ0v) is 11.3. The molecule has 1 aromatic carbocycles. The van der Waals surface area contributed by atoms with Crippen LogP contribution < -0.4 is 15.4 Å². The Morgan fingerprint density at radius 3 is 2.95 bits per heavy atom. The first-order valence-electron chi connectivity index (χ1n) is 6.53. The summed E-state index contributed by atoms with van der Waals surface area (Å²) < 4.78 is 10.7. The molecule has 0 radical (unpaired) electrons. The van der Waals surface area contributed by atoms with Crippen molar-refractivity contribution in [2.45, 2.75) is 31.9 Å². The normalized spacial score (nSPS) is 19.8. The summed E-state index contributed by atoms with van der Waals surface area (Å²) in [6, 6.07) is 7.07. The van der Waals surface area contributed by atoms with E-state index in [0.29, 0.717) is 11.4 Å². The lowest BCUT2D eigenvalue weighted by molar-refractivity contribution is 0.0868. The number of carbonyl (C=O) groups excluding carboxylic acids is 1. The lowest BCUT2D eigenvalue weighted by Crippen LogP contribution is -2.43. The highest BCUT2D eigenvalue weighted by Crippen LogP contribution is 2.23. The summed E-state index contributed by atoms with van der Waals surface area (Å²) in [6.07, 6.45) is 2.17. The van der Waals surface area contributed by atoms with Crippen molar-refractivity contribution in [3.05, 3.63) is 24.3 Å². The fourth-order valence-corrected chi connectivity index (χ4v) is 2.20. The number of amides is 2. The maximum absolute atomic E-state index is 11.9. The van der Waals surface area contributed by atoms with Gasteiger partial charge in [0.2, 0.25) is 0 Å². The maximum Gasteiger partial charge on any atom is 0.319 e. The number of ether oxygens (including phenoxy) is 2. The van der Waals surface area contributed by atoms with E-state index >= 15 is 0 Å². The molecule has 0 spiro atoms. The van der Waals surface area contributed by atoms with Crippen LogP contribution >= 0.6 is 0 Å². The summed E-state index contributed by atoms with van der Waals surface area (Å²) in [4.78, 5) is 11.9. The molecule has 2 amide bonds. The highest BCUT2D eigenvalue weighted by molar-refractivity contribution is 5.91. The summed E-state index contributed by atoms with van der Waals surface area (Å²) in [7, 11) is 1.58. The largest absolute Gasteiger partial charge is 0.495 e. The van der Waals surface area contributed by atoms with E-state index in [0.717, 1.165) is 19.4 Å². The molecule has 1 aliphatic rings. The Balaban J connectivity index is 1.89. The van der Waals surface area contributed by atoms with E-state index in [9.17, 15) is 4.79 Å². The number of methoxy groups -OCH3 is 1. The SMILES string of the molecule is COc1ccccc1NC(=O)NC(C)C1CCCO1. The summed E-state index contributed by atoms with van der Waals surface area (Å²) in [5.41, 5.74) is 0.655. The molecule has 2 rings (SSSR count). The first-order chi connectivity index (χ1) is 9.20. The molecule has 0 bridgehead atoms. The van der Waals surface area contributed by atoms with Gasteiger partial charge in [-0.15, -0.1) is 0 Å². The molecule has 19 heavy (non-hydrogen) atoms. The van der Waals surface area contributed by atoms with Crippen LogP contribution in [0, 0.1) is 0 Å². The Labute approximate surface area is 113 Å². The quantitative estimate of drug-likeness (QED) is 0.877. The van der Waals surface area contributed by atoms with E-state index in [2.05, 4.69) is 10.6 Å². The van der Waals surface area contributed by atoms with E-state index < -0.39 is 0 Å². The minimum Gasteiger partial charge on any atom is -0.495 e. The molecule has 5 heteroatoms. The molecule has 2 atom stereocenters. The molecule has 1 heterocycles. The van der Waals surface area contributed by atoms with E-state index in [1.807, 2.05) is 19.1 Å². The molecule has 0 saturated carbocycles. The number of rotatable bonds is 4. The number of benzene rings is 1. The molecule has 1 aliphatic heterocycles. The standard InChI is InChI=1S/C14H20N2O3/c1-10(12-8-5-9-19-12)15-14(17)16-11-6-3-4-7-13(11)18-2/h3-4,6-7,10,12H,5,8-9H2,1-2H3,(H2,15,16,17). The predicted molar refractivity (Wildman–Crippen MR) is 73.6 cm³/mol. The summed E-state index contributed by atoms with van der Waals surface area (Å²) >= 11 is 0. The second-order valence-corrected chi connectivity index (χ2v) is 4.64. The van der Waals surface area contributed by atoms with Crippen LogP contribution in [0.3, 0.4) is 0 Å². The van der Waals surface area contributed by atoms with Crippen molar-refractivity contribution >= 4 is 11.7 Å². The van der Waals surface area contributed by atoms with Crippen molar-refractivity contribution in [1.29, 1.82) is 0 Å². The molecule has 2 N–H and O–H groups in total. The molecular formula is C14H20N2O3. The lowest BCUT2D eigenvalue weighted by atomic mass is 10.1. The Hall–Kier alpha value is -1.75. The Morgan fingerprint density at radius 2 is 2.26 bits per heavy atom. The van der Waals surface area contributed by atoms with E-state index in [-0.39, 0.29) is 18.2 Å². The summed E-state index contributed by atoms with van der Waals surface area (Å²) in [6.45, 7) is 2.74. The van der Waals surface area contributed by atoms with Gasteiger partial charge in [0, 0.05) is 6.61 Å². The zero-order chi connectivity index (χ0) is 13.7. The van der Waals surface area contributed by atoms with Crippen molar-refractivity contribution < 1.29 is 14.3 Å². The smallest absolute Gasteiger partial charge is 0.319 e. The fraction of sp³-hybridized carbons (Fsp3) is 0.500. The van der Waals surface area contributed by atoms with Gasteiger partial charge in [0.15, 0.2) is 0 Å². The number of urea groups is 1. The second kappa shape index (κ2) is 6.43. The van der Waals surface area contributed by atoms with Crippen LogP contribution in [0.1, 0.15) is 19.8 Å². The number of para-hydroxylation sites is 2. The first kappa shape index (κ1) is 13.7. The third kappa shape index (κ3) is 3.61. The van der Waals surface area contributed by atoms with Crippen molar-refractivity contribution in [3.8, 4) is 5.75 Å². The van der Waals surface area contributed by atoms with Gasteiger partial charge in [0.1, 0.15) is 5.75 Å². The molecular weight excluding hydrogens is 244 g/mol. The highest BCUT2D eigenvalue weighted by Gasteiger charge is 2.23. The monoisotopic (exact) mass is 264 g/mol. The Morgan fingerprint density at radius 1 is 1.47 bits per heavy atom. The van der Waals surface area contributed by atoms with Gasteiger partial charge in [0.25, 0.3) is 0 Å². The van der Waals surface area contributed by atoms with Gasteiger partial charge in [0.05, 0.1) is 24.9 Å². The van der Waals surface area contributed by atoms with Crippen molar-refractivity contribution in [2.24, 2.45) is 0 Å². The summed E-state index contributed by atoms with van der Waals surface area (Å²) in [5, 5.41) is 5.68. The second-order valence-electron chi connectivity index (χ2n) is 4.64. The molecule has 1 aromatic rings. The third-order valence-electron chi connectivity index (χ3n) is 3.24. The Kier molecular flexibility index (Phi) is 4.63. The number of carbonyl (C=O) groups is 1. The molecule has 104 valence electrons. The highest BCUT2D eigenvalue weighted by atomic mass is 16.5. The minimum atomic E-state index is -0.243. The molecule has 1 saturated heterocycles. The van der Waals surface area contributed by atoms with Crippen molar-refractivity contribution in [1.82, 2.24) is 5.32 Å². The predicted octanol–water partition coefficient (Wildman–Crippen LogP) is 2.38. The van der Waals surface area contributed by atoms with E-state index in [1.54, 1.807) is 19.2 Å². The molecule has 1 fully saturated rings. The van der Waals surface area contributed by atoms with Gasteiger partial charge in [-0.2, -0.15) is 0 Å². The number of nitrogens with one attached hydrogen (secondary N) is 2. The van der Waals surface area contributed by atoms with Gasteiger partial charge in [-0.25, -0.2) is 4.79 Å². The van der Waals surface area contributed by atoms with E-state index in [1.165, 1.54) is 0 Å². The van der Waals surface area contributed by atoms with Crippen LogP contribution in [0.25, 0.3) is 0 Å². The average Bonchev–Trinajstić information content (AvgIpc) is 2.93. The number of hydrogen-bond acceptors (Lipinski definition) is 3. The molecule has 2 unspecified atom stereocenters. The van der Waals surface area contributed by atoms with Crippen LogP contribution in [0.4, 0.5) is 10.5 Å². The van der Waals surface area contributed by atoms with Gasteiger partial charge < -0.3 is 20.1 Å². The first-order valence-corrected chi connectivity index (χ1v) is 6.53. The van der Waals surface area contributed by atoms with Crippen LogP contribution in [0.15, 0.2) is 24.3 Å². The topological polar surface area (TPSA) is 59.6 Å². The van der Waals surface area contributed by atoms with Gasteiger partial charge in [-0.1, -0.05) is 12.1 Å².